The van der Waals surface area contributed by atoms with Crippen molar-refractivity contribution in [1.82, 2.24) is 3.71 Å². The number of halogens is 3. The van der Waals surface area contributed by atoms with Crippen LogP contribution in [0.25, 0.3) is 0 Å². The molecule has 0 aliphatic carbocycles. The Morgan fingerprint density at radius 2 is 1.88 bits per heavy atom. The van der Waals surface area contributed by atoms with Crippen molar-refractivity contribution in [3.63, 3.8) is 0 Å². The number of rotatable bonds is 5. The highest BCUT2D eigenvalue weighted by Crippen LogP contribution is 2.40. The largest absolute Gasteiger partial charge is 0.319 e. The van der Waals surface area contributed by atoms with Crippen LogP contribution in [0.5, 0.6) is 0 Å². The summed E-state index contributed by atoms with van der Waals surface area (Å²) in [6.07, 6.45) is 0. The lowest BCUT2D eigenvalue weighted by molar-refractivity contribution is 0.499. The predicted octanol–water partition coefficient (Wildman–Crippen LogP) is 3.40. The molecule has 0 atom stereocenters. The fourth-order valence-electron chi connectivity index (χ4n) is 1.11. The molecule has 0 aromatic heterocycles. The quantitative estimate of drug-likeness (QED) is 0.617. The van der Waals surface area contributed by atoms with Crippen molar-refractivity contribution in [2.45, 2.75) is 15.7 Å². The molecule has 0 saturated heterocycles. The summed E-state index contributed by atoms with van der Waals surface area (Å²) in [5.41, 5.74) is 0. The lowest BCUT2D eigenvalue weighted by Gasteiger charge is -2.21. The van der Waals surface area contributed by atoms with Crippen LogP contribution in [0.3, 0.4) is 0 Å². The Balaban J connectivity index is 3.04. The predicted molar refractivity (Wildman–Crippen MR) is 69.1 cm³/mol. The van der Waals surface area contributed by atoms with Gasteiger partial charge in [-0.3, -0.25) is 0 Å². The van der Waals surface area contributed by atoms with Gasteiger partial charge in [0.1, 0.15) is 0 Å². The molecule has 1 aromatic carbocycles. The third-order valence-corrected chi connectivity index (χ3v) is 5.33. The first-order valence-electron chi connectivity index (χ1n) is 4.61. The fourth-order valence-corrected chi connectivity index (χ4v) is 4.25. The fraction of sp³-hybridized carbons (Fsp3) is 0.333. The van der Waals surface area contributed by atoms with Gasteiger partial charge in [-0.25, -0.2) is 8.42 Å². The number of nitrogens with zero attached hydrogens (tertiary/aromatic N) is 1. The van der Waals surface area contributed by atoms with E-state index in [1.165, 1.54) is 12.1 Å². The van der Waals surface area contributed by atoms with Crippen LogP contribution in [0.4, 0.5) is 4.39 Å². The van der Waals surface area contributed by atoms with Crippen molar-refractivity contribution in [3.8, 4) is 0 Å². The third kappa shape index (κ3) is 4.30. The molecule has 0 aliphatic heterocycles. The highest BCUT2D eigenvalue weighted by Gasteiger charge is 2.34. The zero-order valence-corrected chi connectivity index (χ0v) is 12.0. The lowest BCUT2D eigenvalue weighted by atomic mass is 10.4. The second kappa shape index (κ2) is 5.75. The van der Waals surface area contributed by atoms with Gasteiger partial charge in [-0.2, -0.15) is 4.39 Å². The first kappa shape index (κ1) is 15.0. The summed E-state index contributed by atoms with van der Waals surface area (Å²) in [4.78, 5) is 0.0620. The maximum atomic E-state index is 13.1. The van der Waals surface area contributed by atoms with Crippen molar-refractivity contribution < 1.29 is 12.8 Å². The Labute approximate surface area is 114 Å². The number of alkyl halides is 3. The lowest BCUT2D eigenvalue weighted by Crippen LogP contribution is -2.27. The molecule has 0 aliphatic rings. The number of benzene rings is 1. The average molecular weight is 318 g/mol. The molecule has 0 N–H and O–H groups in total. The molecule has 0 spiro atoms. The zero-order valence-electron chi connectivity index (χ0n) is 8.81. The minimum absolute atomic E-state index is 0.0486. The molecule has 96 valence electrons. The van der Waals surface area contributed by atoms with E-state index in [2.05, 4.69) is 0 Å². The number of sulfonamides is 1. The zero-order chi connectivity index (χ0) is 13.1. The molecule has 17 heavy (non-hydrogen) atoms. The number of hydrogen-bond donors (Lipinski definition) is 0. The van der Waals surface area contributed by atoms with Gasteiger partial charge in [0, 0.05) is 18.5 Å². The summed E-state index contributed by atoms with van der Waals surface area (Å²) in [7, 11) is -3.80. The van der Waals surface area contributed by atoms with Gasteiger partial charge in [0.15, 0.2) is 0 Å². The molecule has 1 aromatic rings. The first-order chi connectivity index (χ1) is 7.77. The van der Waals surface area contributed by atoms with Gasteiger partial charge in [0.05, 0.1) is 4.90 Å². The molecular weight excluding hydrogens is 308 g/mol. The van der Waals surface area contributed by atoms with Gasteiger partial charge in [0.2, 0.25) is 0 Å². The first-order valence-corrected chi connectivity index (χ1v) is 7.58. The van der Waals surface area contributed by atoms with Gasteiger partial charge in [-0.15, -0.1) is 3.71 Å². The standard InChI is InChI=1S/C9H10Cl2FNO2S2/c1-2-13(16-9(10,11)12)17(14,15)8-6-4-3-5-7-8/h3-7H,2H2,1H3. The topological polar surface area (TPSA) is 37.4 Å². The number of hydrogen-bond acceptors (Lipinski definition) is 3. The maximum absolute atomic E-state index is 13.1. The Morgan fingerprint density at radius 3 is 2.29 bits per heavy atom. The smallest absolute Gasteiger partial charge is 0.206 e. The average Bonchev–Trinajstić information content (AvgIpc) is 2.25. The van der Waals surface area contributed by atoms with Gasteiger partial charge >= 0.3 is 3.92 Å². The van der Waals surface area contributed by atoms with Crippen LogP contribution in [-0.4, -0.2) is 22.6 Å². The van der Waals surface area contributed by atoms with E-state index in [4.69, 9.17) is 23.2 Å². The van der Waals surface area contributed by atoms with E-state index in [9.17, 15) is 12.8 Å². The molecule has 0 bridgehead atoms. The molecule has 0 unspecified atom stereocenters. The van der Waals surface area contributed by atoms with Crippen LogP contribution in [0.15, 0.2) is 35.2 Å². The van der Waals surface area contributed by atoms with Crippen LogP contribution < -0.4 is 0 Å². The van der Waals surface area contributed by atoms with E-state index in [0.29, 0.717) is 0 Å². The third-order valence-electron chi connectivity index (χ3n) is 1.77. The van der Waals surface area contributed by atoms with Crippen LogP contribution in [0.1, 0.15) is 6.92 Å². The Hall–Kier alpha value is -0.0100. The van der Waals surface area contributed by atoms with Crippen molar-refractivity contribution in [3.05, 3.63) is 30.3 Å². The van der Waals surface area contributed by atoms with Crippen LogP contribution >= 0.6 is 35.1 Å². The van der Waals surface area contributed by atoms with Crippen molar-refractivity contribution in [2.75, 3.05) is 6.54 Å². The van der Waals surface area contributed by atoms with Gasteiger partial charge in [-0.1, -0.05) is 48.3 Å². The van der Waals surface area contributed by atoms with E-state index < -0.39 is 13.9 Å². The van der Waals surface area contributed by atoms with Crippen molar-refractivity contribution >= 4 is 45.2 Å². The monoisotopic (exact) mass is 317 g/mol. The maximum Gasteiger partial charge on any atom is 0.319 e. The summed E-state index contributed by atoms with van der Waals surface area (Å²) in [6.45, 7) is 1.61. The summed E-state index contributed by atoms with van der Waals surface area (Å²) in [5.74, 6) is 0. The highest BCUT2D eigenvalue weighted by atomic mass is 35.5. The van der Waals surface area contributed by atoms with E-state index in [0.717, 1.165) is 3.71 Å². The summed E-state index contributed by atoms with van der Waals surface area (Å²) >= 11 is 10.5. The second-order valence-electron chi connectivity index (χ2n) is 2.97. The van der Waals surface area contributed by atoms with Gasteiger partial charge in [0.25, 0.3) is 10.0 Å². The molecule has 0 amide bonds. The molecule has 1 rings (SSSR count). The summed E-state index contributed by atoms with van der Waals surface area (Å²) in [5, 5.41) is 0. The molecule has 0 heterocycles. The molecule has 0 radical (unpaired) electrons. The van der Waals surface area contributed by atoms with Crippen LogP contribution in [0.2, 0.25) is 0 Å². The summed E-state index contributed by atoms with van der Waals surface area (Å²) < 4.78 is 35.3. The van der Waals surface area contributed by atoms with E-state index in [1.807, 2.05) is 0 Å². The molecule has 0 fully saturated rings. The van der Waals surface area contributed by atoms with Gasteiger partial charge < -0.3 is 0 Å². The minimum atomic E-state index is -3.80. The molecule has 0 saturated carbocycles. The Bertz CT molecular complexity index is 462. The minimum Gasteiger partial charge on any atom is -0.206 e. The van der Waals surface area contributed by atoms with Gasteiger partial charge in [-0.05, 0) is 12.1 Å². The van der Waals surface area contributed by atoms with Crippen molar-refractivity contribution in [2.24, 2.45) is 0 Å². The highest BCUT2D eigenvalue weighted by molar-refractivity contribution is 8.10. The molecular formula is C9H10Cl2FNO2S2. The van der Waals surface area contributed by atoms with Crippen molar-refractivity contribution in [1.29, 1.82) is 0 Å². The Morgan fingerprint density at radius 1 is 1.35 bits per heavy atom. The Kier molecular flexibility index (Phi) is 5.09. The SMILES string of the molecule is CCN(SC(F)(Cl)Cl)S(=O)(=O)c1ccccc1. The van der Waals surface area contributed by atoms with Crippen LogP contribution in [-0.2, 0) is 10.0 Å². The molecule has 3 nitrogen and oxygen atoms in total. The summed E-state index contributed by atoms with van der Waals surface area (Å²) in [6, 6.07) is 7.68. The second-order valence-corrected chi connectivity index (χ2v) is 7.94. The van der Waals surface area contributed by atoms with E-state index in [-0.39, 0.29) is 23.4 Å². The van der Waals surface area contributed by atoms with E-state index >= 15 is 0 Å². The van der Waals surface area contributed by atoms with Crippen LogP contribution in [0, 0.1) is 0 Å². The van der Waals surface area contributed by atoms with E-state index in [1.54, 1.807) is 25.1 Å². The molecule has 8 heteroatoms. The normalized spacial score (nSPS) is 13.0.